The van der Waals surface area contributed by atoms with Gasteiger partial charge in [-0.3, -0.25) is 4.79 Å². The number of anilines is 1. The number of halogens is 4. The molecule has 0 aromatic heterocycles. The first kappa shape index (κ1) is 13.3. The number of benzene rings is 1. The molecule has 17 heavy (non-hydrogen) atoms. The molecule has 0 amide bonds. The highest BCUT2D eigenvalue weighted by atomic mass is 19.2. The topological polar surface area (TPSA) is 49.3 Å². The SMILES string of the molecule is CC(CNc1c(F)c(F)cc(F)c1F)C(=O)O. The van der Waals surface area contributed by atoms with Crippen LogP contribution < -0.4 is 5.32 Å². The molecule has 1 unspecified atom stereocenters. The maximum atomic E-state index is 13.1. The summed E-state index contributed by atoms with van der Waals surface area (Å²) in [6.07, 6.45) is 0. The van der Waals surface area contributed by atoms with Gasteiger partial charge in [-0.05, 0) is 0 Å². The second kappa shape index (κ2) is 5.03. The Labute approximate surface area is 94.1 Å². The zero-order chi connectivity index (χ0) is 13.2. The fraction of sp³-hybridized carbons (Fsp3) is 0.300. The van der Waals surface area contributed by atoms with Crippen molar-refractivity contribution in [2.24, 2.45) is 5.92 Å². The van der Waals surface area contributed by atoms with E-state index in [1.165, 1.54) is 6.92 Å². The van der Waals surface area contributed by atoms with Crippen molar-refractivity contribution in [2.45, 2.75) is 6.92 Å². The van der Waals surface area contributed by atoms with Crippen molar-refractivity contribution in [3.05, 3.63) is 29.3 Å². The zero-order valence-electron chi connectivity index (χ0n) is 8.73. The third-order valence-electron chi connectivity index (χ3n) is 2.12. The van der Waals surface area contributed by atoms with Crippen LogP contribution >= 0.6 is 0 Å². The highest BCUT2D eigenvalue weighted by Gasteiger charge is 2.20. The molecule has 7 heteroatoms. The van der Waals surface area contributed by atoms with E-state index in [2.05, 4.69) is 0 Å². The predicted octanol–water partition coefficient (Wildman–Crippen LogP) is 2.38. The van der Waals surface area contributed by atoms with Gasteiger partial charge in [-0.2, -0.15) is 0 Å². The van der Waals surface area contributed by atoms with E-state index in [-0.39, 0.29) is 12.6 Å². The lowest BCUT2D eigenvalue weighted by atomic mass is 10.2. The summed E-state index contributed by atoms with van der Waals surface area (Å²) < 4.78 is 51.7. The number of hydrogen-bond acceptors (Lipinski definition) is 2. The van der Waals surface area contributed by atoms with Gasteiger partial charge in [0.15, 0.2) is 23.3 Å². The van der Waals surface area contributed by atoms with Crippen LogP contribution in [0.4, 0.5) is 23.2 Å². The molecule has 0 saturated heterocycles. The van der Waals surface area contributed by atoms with Crippen LogP contribution in [0.2, 0.25) is 0 Å². The van der Waals surface area contributed by atoms with Crippen LogP contribution in [-0.4, -0.2) is 17.6 Å². The van der Waals surface area contributed by atoms with Crippen molar-refractivity contribution in [3.8, 4) is 0 Å². The van der Waals surface area contributed by atoms with Crippen molar-refractivity contribution in [3.63, 3.8) is 0 Å². The van der Waals surface area contributed by atoms with Gasteiger partial charge < -0.3 is 10.4 Å². The minimum absolute atomic E-state index is 0.0798. The summed E-state index contributed by atoms with van der Waals surface area (Å²) in [4.78, 5) is 10.4. The highest BCUT2D eigenvalue weighted by molar-refractivity contribution is 5.70. The van der Waals surface area contributed by atoms with E-state index < -0.39 is 40.8 Å². The van der Waals surface area contributed by atoms with Crippen molar-refractivity contribution in [1.82, 2.24) is 0 Å². The maximum Gasteiger partial charge on any atom is 0.308 e. The Balaban J connectivity index is 2.95. The van der Waals surface area contributed by atoms with Crippen molar-refractivity contribution in [2.75, 3.05) is 11.9 Å². The van der Waals surface area contributed by atoms with Gasteiger partial charge in [0, 0.05) is 12.6 Å². The van der Waals surface area contributed by atoms with E-state index >= 15 is 0 Å². The minimum Gasteiger partial charge on any atom is -0.481 e. The molecule has 0 fully saturated rings. The van der Waals surface area contributed by atoms with Gasteiger partial charge in [-0.15, -0.1) is 0 Å². The zero-order valence-corrected chi connectivity index (χ0v) is 8.73. The Morgan fingerprint density at radius 3 is 2.18 bits per heavy atom. The number of nitrogens with one attached hydrogen (secondary N) is 1. The molecule has 1 aromatic rings. The Bertz CT molecular complexity index is 424. The van der Waals surface area contributed by atoms with Gasteiger partial charge in [0.05, 0.1) is 5.92 Å². The average molecular weight is 251 g/mol. The maximum absolute atomic E-state index is 13.1. The Morgan fingerprint density at radius 1 is 1.29 bits per heavy atom. The smallest absolute Gasteiger partial charge is 0.308 e. The number of carboxylic acids is 1. The largest absolute Gasteiger partial charge is 0.481 e. The van der Waals surface area contributed by atoms with Crippen LogP contribution in [0.5, 0.6) is 0 Å². The van der Waals surface area contributed by atoms with Crippen LogP contribution in [-0.2, 0) is 4.79 Å². The van der Waals surface area contributed by atoms with Gasteiger partial charge in [0.2, 0.25) is 0 Å². The molecule has 0 radical (unpaired) electrons. The molecule has 3 nitrogen and oxygen atoms in total. The highest BCUT2D eigenvalue weighted by Crippen LogP contribution is 2.24. The standard InChI is InChI=1S/C10H9F4NO2/c1-4(10(16)17)3-15-9-7(13)5(11)2-6(12)8(9)14/h2,4,15H,3H2,1H3,(H,16,17). The molecule has 1 aromatic carbocycles. The van der Waals surface area contributed by atoms with E-state index in [0.717, 1.165) is 0 Å². The normalized spacial score (nSPS) is 12.3. The summed E-state index contributed by atoms with van der Waals surface area (Å²) in [7, 11) is 0. The molecule has 1 atom stereocenters. The molecular formula is C10H9F4NO2. The number of carbonyl (C=O) groups is 1. The molecule has 0 aliphatic heterocycles. The second-order valence-electron chi connectivity index (χ2n) is 3.46. The lowest BCUT2D eigenvalue weighted by Crippen LogP contribution is -2.21. The van der Waals surface area contributed by atoms with Crippen molar-refractivity contribution in [1.29, 1.82) is 0 Å². The fourth-order valence-corrected chi connectivity index (χ4v) is 1.07. The van der Waals surface area contributed by atoms with Gasteiger partial charge >= 0.3 is 5.97 Å². The van der Waals surface area contributed by atoms with Crippen LogP contribution in [0.15, 0.2) is 6.07 Å². The molecule has 1 rings (SSSR count). The van der Waals surface area contributed by atoms with E-state index in [0.29, 0.717) is 0 Å². The monoisotopic (exact) mass is 251 g/mol. The first-order valence-corrected chi connectivity index (χ1v) is 4.64. The first-order valence-electron chi connectivity index (χ1n) is 4.64. The molecule has 0 bridgehead atoms. The summed E-state index contributed by atoms with van der Waals surface area (Å²) in [6, 6.07) is 0.0798. The quantitative estimate of drug-likeness (QED) is 0.638. The Morgan fingerprint density at radius 2 is 1.76 bits per heavy atom. The predicted molar refractivity (Wildman–Crippen MR) is 51.6 cm³/mol. The van der Waals surface area contributed by atoms with E-state index in [4.69, 9.17) is 5.11 Å². The number of rotatable bonds is 4. The van der Waals surface area contributed by atoms with E-state index in [1.54, 1.807) is 0 Å². The molecular weight excluding hydrogens is 242 g/mol. The van der Waals surface area contributed by atoms with Gasteiger partial charge in [-0.25, -0.2) is 17.6 Å². The third-order valence-corrected chi connectivity index (χ3v) is 2.12. The van der Waals surface area contributed by atoms with E-state index in [9.17, 15) is 22.4 Å². The molecule has 0 aliphatic carbocycles. The third kappa shape index (κ3) is 2.86. The van der Waals surface area contributed by atoms with Crippen LogP contribution in [0.25, 0.3) is 0 Å². The van der Waals surface area contributed by atoms with Crippen LogP contribution in [0.3, 0.4) is 0 Å². The molecule has 0 heterocycles. The molecule has 94 valence electrons. The fourth-order valence-electron chi connectivity index (χ4n) is 1.07. The van der Waals surface area contributed by atoms with Gasteiger partial charge in [0.25, 0.3) is 0 Å². The van der Waals surface area contributed by atoms with Gasteiger partial charge in [0.1, 0.15) is 5.69 Å². The second-order valence-corrected chi connectivity index (χ2v) is 3.46. The Kier molecular flexibility index (Phi) is 3.93. The van der Waals surface area contributed by atoms with Crippen molar-refractivity contribution < 1.29 is 27.5 Å². The lowest BCUT2D eigenvalue weighted by molar-refractivity contribution is -0.140. The minimum atomic E-state index is -1.58. The van der Waals surface area contributed by atoms with Crippen LogP contribution in [0, 0.1) is 29.2 Å². The average Bonchev–Trinajstić information content (AvgIpc) is 2.26. The molecule has 0 spiro atoms. The summed E-state index contributed by atoms with van der Waals surface area (Å²) in [5, 5.41) is 10.6. The number of carboxylic acid groups (broad SMARTS) is 1. The Hall–Kier alpha value is -1.79. The van der Waals surface area contributed by atoms with Crippen LogP contribution in [0.1, 0.15) is 6.92 Å². The summed E-state index contributed by atoms with van der Waals surface area (Å²) in [5.74, 6) is -8.41. The van der Waals surface area contributed by atoms with E-state index in [1.807, 2.05) is 5.32 Å². The number of hydrogen-bond donors (Lipinski definition) is 2. The molecule has 0 aliphatic rings. The molecule has 2 N–H and O–H groups in total. The molecule has 0 saturated carbocycles. The summed E-state index contributed by atoms with van der Waals surface area (Å²) >= 11 is 0. The van der Waals surface area contributed by atoms with Gasteiger partial charge in [-0.1, -0.05) is 6.92 Å². The van der Waals surface area contributed by atoms with Crippen molar-refractivity contribution >= 4 is 11.7 Å². The number of aliphatic carboxylic acids is 1. The first-order chi connectivity index (χ1) is 7.84. The lowest BCUT2D eigenvalue weighted by Gasteiger charge is -2.12. The summed E-state index contributed by atoms with van der Waals surface area (Å²) in [5.41, 5.74) is -1.00. The summed E-state index contributed by atoms with van der Waals surface area (Å²) in [6.45, 7) is 0.923.